The highest BCUT2D eigenvalue weighted by atomic mass is 16.5. The summed E-state index contributed by atoms with van der Waals surface area (Å²) in [5, 5.41) is 10.7. The second-order valence-corrected chi connectivity index (χ2v) is 6.21. The maximum absolute atomic E-state index is 10.7. The molecule has 1 aromatic heterocycles. The van der Waals surface area contributed by atoms with Gasteiger partial charge in [0.25, 0.3) is 0 Å². The largest absolute Gasteiger partial charge is 0.390 e. The molecule has 1 heterocycles. The third-order valence-electron chi connectivity index (χ3n) is 4.78. The first kappa shape index (κ1) is 15.5. The zero-order valence-corrected chi connectivity index (χ0v) is 13.0. The van der Waals surface area contributed by atoms with E-state index in [0.29, 0.717) is 6.42 Å². The molecule has 1 unspecified atom stereocenters. The molecule has 0 spiro atoms. The summed E-state index contributed by atoms with van der Waals surface area (Å²) < 4.78 is 7.89. The van der Waals surface area contributed by atoms with Gasteiger partial charge in [-0.3, -0.25) is 0 Å². The van der Waals surface area contributed by atoms with E-state index in [4.69, 9.17) is 4.74 Å². The van der Waals surface area contributed by atoms with Crippen LogP contribution in [0, 0.1) is 5.92 Å². The summed E-state index contributed by atoms with van der Waals surface area (Å²) in [6.07, 6.45) is 9.15. The molecule has 4 nitrogen and oxygen atoms in total. The molecule has 0 aliphatic heterocycles. The molecule has 0 amide bonds. The molecule has 1 aromatic rings. The minimum Gasteiger partial charge on any atom is -0.390 e. The Morgan fingerprint density at radius 3 is 2.80 bits per heavy atom. The Morgan fingerprint density at radius 2 is 2.20 bits per heavy atom. The number of rotatable bonds is 6. The van der Waals surface area contributed by atoms with E-state index in [1.165, 1.54) is 0 Å². The number of aryl methyl sites for hydroxylation is 1. The van der Waals surface area contributed by atoms with Crippen molar-refractivity contribution in [2.45, 2.75) is 70.6 Å². The lowest BCUT2D eigenvalue weighted by Crippen LogP contribution is -2.48. The molecule has 0 aromatic carbocycles. The Labute approximate surface area is 122 Å². The Hall–Kier alpha value is -0.870. The second kappa shape index (κ2) is 6.72. The summed E-state index contributed by atoms with van der Waals surface area (Å²) in [6, 6.07) is 0. The van der Waals surface area contributed by atoms with E-state index < -0.39 is 6.10 Å². The number of aromatic nitrogens is 2. The zero-order valence-electron chi connectivity index (χ0n) is 13.0. The van der Waals surface area contributed by atoms with Crippen molar-refractivity contribution in [3.63, 3.8) is 0 Å². The average molecular weight is 280 g/mol. The second-order valence-electron chi connectivity index (χ2n) is 6.21. The van der Waals surface area contributed by atoms with Gasteiger partial charge in [0.1, 0.15) is 5.82 Å². The molecule has 4 heteroatoms. The quantitative estimate of drug-likeness (QED) is 0.871. The lowest BCUT2D eigenvalue weighted by atomic mass is 9.75. The zero-order chi connectivity index (χ0) is 14.6. The van der Waals surface area contributed by atoms with Crippen molar-refractivity contribution < 1.29 is 9.84 Å². The first-order valence-electron chi connectivity index (χ1n) is 7.84. The van der Waals surface area contributed by atoms with Crippen LogP contribution in [0.2, 0.25) is 0 Å². The van der Waals surface area contributed by atoms with E-state index in [9.17, 15) is 5.11 Å². The van der Waals surface area contributed by atoms with Gasteiger partial charge >= 0.3 is 0 Å². The molecule has 0 radical (unpaired) electrons. The monoisotopic (exact) mass is 280 g/mol. The predicted octanol–water partition coefficient (Wildman–Crippen LogP) is 2.79. The van der Waals surface area contributed by atoms with Gasteiger partial charge in [0.05, 0.1) is 11.7 Å². The maximum Gasteiger partial charge on any atom is 0.111 e. The number of aliphatic hydroxyl groups excluding tert-OH is 1. The highest BCUT2D eigenvalue weighted by Crippen LogP contribution is 2.37. The van der Waals surface area contributed by atoms with Crippen molar-refractivity contribution >= 4 is 0 Å². The molecule has 20 heavy (non-hydrogen) atoms. The van der Waals surface area contributed by atoms with Crippen molar-refractivity contribution in [2.75, 3.05) is 7.11 Å². The third-order valence-corrected chi connectivity index (χ3v) is 4.78. The van der Waals surface area contributed by atoms with Crippen LogP contribution in [-0.2, 0) is 17.7 Å². The normalized spacial score (nSPS) is 28.5. The van der Waals surface area contributed by atoms with Gasteiger partial charge in [-0.2, -0.15) is 0 Å². The van der Waals surface area contributed by atoms with Gasteiger partial charge in [-0.25, -0.2) is 4.98 Å². The summed E-state index contributed by atoms with van der Waals surface area (Å²) in [5.74, 6) is 1.71. The van der Waals surface area contributed by atoms with E-state index in [1.54, 1.807) is 7.11 Å². The maximum atomic E-state index is 10.7. The van der Waals surface area contributed by atoms with Crippen LogP contribution in [0.1, 0.15) is 51.8 Å². The van der Waals surface area contributed by atoms with Crippen LogP contribution in [0.4, 0.5) is 0 Å². The number of nitrogens with zero attached hydrogens (tertiary/aromatic N) is 2. The van der Waals surface area contributed by atoms with Gasteiger partial charge < -0.3 is 14.4 Å². The Bertz CT molecular complexity index is 408. The van der Waals surface area contributed by atoms with Gasteiger partial charge in [-0.05, 0) is 38.0 Å². The standard InChI is InChI=1S/C16H28N2O2/c1-4-10-18-11-9-17-15(18)12-14(19)16(20-3)7-5-13(2)6-8-16/h9,11,13-14,19H,4-8,10,12H2,1-3H3. The Kier molecular flexibility index (Phi) is 5.22. The summed E-state index contributed by atoms with van der Waals surface area (Å²) in [7, 11) is 1.73. The van der Waals surface area contributed by atoms with Crippen molar-refractivity contribution in [1.29, 1.82) is 0 Å². The SMILES string of the molecule is CCCn1ccnc1CC(O)C1(OC)CCC(C)CC1. The van der Waals surface area contributed by atoms with Crippen LogP contribution in [0.15, 0.2) is 12.4 Å². The lowest BCUT2D eigenvalue weighted by molar-refractivity contribution is -0.128. The van der Waals surface area contributed by atoms with E-state index in [1.807, 2.05) is 12.4 Å². The molecule has 1 fully saturated rings. The number of aliphatic hydroxyl groups is 1. The number of ether oxygens (including phenoxy) is 1. The first-order valence-corrected chi connectivity index (χ1v) is 7.84. The van der Waals surface area contributed by atoms with Crippen molar-refractivity contribution in [3.05, 3.63) is 18.2 Å². The van der Waals surface area contributed by atoms with Gasteiger partial charge in [-0.15, -0.1) is 0 Å². The topological polar surface area (TPSA) is 47.3 Å². The molecule has 1 atom stereocenters. The highest BCUT2D eigenvalue weighted by molar-refractivity contribution is 5.01. The summed E-state index contributed by atoms with van der Waals surface area (Å²) in [4.78, 5) is 4.40. The number of hydrogen-bond donors (Lipinski definition) is 1. The van der Waals surface area contributed by atoms with Gasteiger partial charge in [0.2, 0.25) is 0 Å². The number of hydrogen-bond acceptors (Lipinski definition) is 3. The molecule has 0 saturated heterocycles. The van der Waals surface area contributed by atoms with Gasteiger partial charge in [-0.1, -0.05) is 13.8 Å². The summed E-state index contributed by atoms with van der Waals surface area (Å²) >= 11 is 0. The van der Waals surface area contributed by atoms with E-state index in [-0.39, 0.29) is 5.60 Å². The fraction of sp³-hybridized carbons (Fsp3) is 0.812. The predicted molar refractivity (Wildman–Crippen MR) is 79.6 cm³/mol. The van der Waals surface area contributed by atoms with E-state index in [2.05, 4.69) is 23.4 Å². The van der Waals surface area contributed by atoms with Gasteiger partial charge in [0, 0.05) is 32.5 Å². The highest BCUT2D eigenvalue weighted by Gasteiger charge is 2.41. The van der Waals surface area contributed by atoms with Crippen LogP contribution in [0.25, 0.3) is 0 Å². The fourth-order valence-corrected chi connectivity index (χ4v) is 3.26. The molecule has 0 bridgehead atoms. The molecule has 1 aliphatic rings. The van der Waals surface area contributed by atoms with Crippen molar-refractivity contribution in [3.8, 4) is 0 Å². The minimum atomic E-state index is -0.474. The van der Waals surface area contributed by atoms with Crippen LogP contribution in [0.3, 0.4) is 0 Å². The van der Waals surface area contributed by atoms with Crippen LogP contribution < -0.4 is 0 Å². The molecule has 1 N–H and O–H groups in total. The molecule has 1 aliphatic carbocycles. The summed E-state index contributed by atoms with van der Waals surface area (Å²) in [5.41, 5.74) is -0.379. The Morgan fingerprint density at radius 1 is 1.50 bits per heavy atom. The van der Waals surface area contributed by atoms with Gasteiger partial charge in [0.15, 0.2) is 0 Å². The van der Waals surface area contributed by atoms with E-state index in [0.717, 1.165) is 50.4 Å². The Balaban J connectivity index is 2.05. The molecule has 1 saturated carbocycles. The smallest absolute Gasteiger partial charge is 0.111 e. The van der Waals surface area contributed by atoms with Crippen LogP contribution in [0.5, 0.6) is 0 Å². The van der Waals surface area contributed by atoms with Crippen molar-refractivity contribution in [1.82, 2.24) is 9.55 Å². The van der Waals surface area contributed by atoms with Crippen LogP contribution in [-0.4, -0.2) is 33.5 Å². The number of methoxy groups -OCH3 is 1. The minimum absolute atomic E-state index is 0.379. The summed E-state index contributed by atoms with van der Waals surface area (Å²) in [6.45, 7) is 5.39. The van der Waals surface area contributed by atoms with Crippen LogP contribution >= 0.6 is 0 Å². The molecular formula is C16H28N2O2. The average Bonchev–Trinajstić information content (AvgIpc) is 2.88. The lowest BCUT2D eigenvalue weighted by Gasteiger charge is -2.41. The molecule has 114 valence electrons. The molecule has 2 rings (SSSR count). The van der Waals surface area contributed by atoms with E-state index >= 15 is 0 Å². The third kappa shape index (κ3) is 3.23. The molecular weight excluding hydrogens is 252 g/mol. The number of imidazole rings is 1. The van der Waals surface area contributed by atoms with Crippen molar-refractivity contribution in [2.24, 2.45) is 5.92 Å². The first-order chi connectivity index (χ1) is 9.61. The fourth-order valence-electron chi connectivity index (χ4n) is 3.26.